The molecular formula is C16H10BrN3O. The molecule has 0 fully saturated rings. The predicted octanol–water partition coefficient (Wildman–Crippen LogP) is 3.47. The summed E-state index contributed by atoms with van der Waals surface area (Å²) in [6.07, 6.45) is 0. The van der Waals surface area contributed by atoms with Crippen molar-refractivity contribution in [3.8, 4) is 0 Å². The molecule has 2 aromatic carbocycles. The van der Waals surface area contributed by atoms with E-state index in [1.165, 1.54) is 0 Å². The highest BCUT2D eigenvalue weighted by Gasteiger charge is 2.11. The van der Waals surface area contributed by atoms with E-state index >= 15 is 0 Å². The van der Waals surface area contributed by atoms with E-state index in [1.807, 2.05) is 43.3 Å². The molecular weight excluding hydrogens is 330 g/mol. The second kappa shape index (κ2) is 4.36. The molecule has 0 N–H and O–H groups in total. The van der Waals surface area contributed by atoms with Crippen LogP contribution in [-0.4, -0.2) is 14.4 Å². The topological polar surface area (TPSA) is 47.3 Å². The number of hydrogen-bond acceptors (Lipinski definition) is 3. The van der Waals surface area contributed by atoms with Crippen LogP contribution in [0.25, 0.3) is 27.5 Å². The molecule has 2 aromatic heterocycles. The van der Waals surface area contributed by atoms with Crippen LogP contribution in [0.1, 0.15) is 5.82 Å². The van der Waals surface area contributed by atoms with Crippen LogP contribution in [0.2, 0.25) is 0 Å². The lowest BCUT2D eigenvalue weighted by molar-refractivity contribution is 0.960. The normalized spacial score (nSPS) is 11.5. The number of aromatic nitrogens is 3. The standard InChI is InChI=1S/C16H10BrN3O/c1-9-18-13-5-3-2-4-11(13)15-19-14-7-6-10(17)8-12(14)16(21)20(9)15/h2-8H,1H3. The van der Waals surface area contributed by atoms with Gasteiger partial charge in [0.15, 0.2) is 5.65 Å². The zero-order valence-electron chi connectivity index (χ0n) is 11.2. The van der Waals surface area contributed by atoms with Gasteiger partial charge in [-0.25, -0.2) is 14.4 Å². The van der Waals surface area contributed by atoms with Crippen molar-refractivity contribution in [3.05, 3.63) is 63.1 Å². The van der Waals surface area contributed by atoms with E-state index in [0.717, 1.165) is 15.4 Å². The van der Waals surface area contributed by atoms with E-state index in [4.69, 9.17) is 0 Å². The van der Waals surface area contributed by atoms with Gasteiger partial charge in [0.25, 0.3) is 5.56 Å². The molecule has 21 heavy (non-hydrogen) atoms. The molecule has 4 aromatic rings. The lowest BCUT2D eigenvalue weighted by atomic mass is 10.2. The van der Waals surface area contributed by atoms with Crippen LogP contribution in [0.5, 0.6) is 0 Å². The maximum Gasteiger partial charge on any atom is 0.267 e. The Kier molecular flexibility index (Phi) is 2.59. The summed E-state index contributed by atoms with van der Waals surface area (Å²) >= 11 is 3.40. The Morgan fingerprint density at radius 1 is 1.00 bits per heavy atom. The van der Waals surface area contributed by atoms with Gasteiger partial charge in [0.05, 0.1) is 16.4 Å². The molecule has 0 bridgehead atoms. The first-order chi connectivity index (χ1) is 10.1. The van der Waals surface area contributed by atoms with Gasteiger partial charge in [0, 0.05) is 9.86 Å². The Labute approximate surface area is 128 Å². The minimum atomic E-state index is -0.0907. The van der Waals surface area contributed by atoms with E-state index in [-0.39, 0.29) is 5.56 Å². The summed E-state index contributed by atoms with van der Waals surface area (Å²) in [5.74, 6) is 0.642. The van der Waals surface area contributed by atoms with Crippen LogP contribution in [0.3, 0.4) is 0 Å². The van der Waals surface area contributed by atoms with Crippen LogP contribution < -0.4 is 5.56 Å². The van der Waals surface area contributed by atoms with Gasteiger partial charge in [-0.15, -0.1) is 0 Å². The quantitative estimate of drug-likeness (QED) is 0.364. The monoisotopic (exact) mass is 339 g/mol. The molecule has 0 aliphatic heterocycles. The second-order valence-corrected chi connectivity index (χ2v) is 5.83. The molecule has 102 valence electrons. The van der Waals surface area contributed by atoms with Crippen molar-refractivity contribution >= 4 is 43.4 Å². The number of aryl methyl sites for hydroxylation is 1. The number of fused-ring (bicyclic) bond motifs is 4. The highest BCUT2D eigenvalue weighted by atomic mass is 79.9. The zero-order valence-corrected chi connectivity index (χ0v) is 12.8. The van der Waals surface area contributed by atoms with Gasteiger partial charge in [-0.1, -0.05) is 28.1 Å². The number of halogens is 1. The fourth-order valence-electron chi connectivity index (χ4n) is 2.62. The zero-order chi connectivity index (χ0) is 14.6. The molecule has 0 spiro atoms. The van der Waals surface area contributed by atoms with Crippen LogP contribution in [0.15, 0.2) is 51.7 Å². The van der Waals surface area contributed by atoms with Gasteiger partial charge in [-0.3, -0.25) is 4.79 Å². The van der Waals surface area contributed by atoms with Gasteiger partial charge in [0.1, 0.15) is 5.82 Å². The Balaban J connectivity index is 2.36. The van der Waals surface area contributed by atoms with Gasteiger partial charge in [-0.05, 0) is 37.3 Å². The fraction of sp³-hybridized carbons (Fsp3) is 0.0625. The lowest BCUT2D eigenvalue weighted by Gasteiger charge is -2.09. The SMILES string of the molecule is Cc1nc2ccccc2c2nc3ccc(Br)cc3c(=O)n12. The molecule has 5 heteroatoms. The molecule has 0 atom stereocenters. The maximum absolute atomic E-state index is 12.8. The van der Waals surface area contributed by atoms with Crippen LogP contribution in [-0.2, 0) is 0 Å². The average molecular weight is 340 g/mol. The van der Waals surface area contributed by atoms with Crippen LogP contribution in [0, 0.1) is 6.92 Å². The Bertz CT molecular complexity index is 1090. The molecule has 0 amide bonds. The van der Waals surface area contributed by atoms with E-state index in [1.54, 1.807) is 10.5 Å². The minimum absolute atomic E-state index is 0.0907. The first-order valence-electron chi connectivity index (χ1n) is 6.52. The Hall–Kier alpha value is -2.27. The number of para-hydroxylation sites is 1. The van der Waals surface area contributed by atoms with Crippen molar-refractivity contribution in [1.29, 1.82) is 0 Å². The Morgan fingerprint density at radius 3 is 2.62 bits per heavy atom. The van der Waals surface area contributed by atoms with E-state index in [9.17, 15) is 4.79 Å². The van der Waals surface area contributed by atoms with Crippen molar-refractivity contribution in [1.82, 2.24) is 14.4 Å². The molecule has 0 aliphatic carbocycles. The summed E-state index contributed by atoms with van der Waals surface area (Å²) in [6.45, 7) is 1.83. The molecule has 4 rings (SSSR count). The summed E-state index contributed by atoms with van der Waals surface area (Å²) in [5.41, 5.74) is 2.10. The average Bonchev–Trinajstić information content (AvgIpc) is 2.48. The summed E-state index contributed by atoms with van der Waals surface area (Å²) < 4.78 is 2.44. The van der Waals surface area contributed by atoms with Gasteiger partial charge in [0.2, 0.25) is 0 Å². The molecule has 0 saturated heterocycles. The van der Waals surface area contributed by atoms with Crippen molar-refractivity contribution in [2.75, 3.05) is 0 Å². The van der Waals surface area contributed by atoms with E-state index < -0.39 is 0 Å². The molecule has 0 aliphatic rings. The van der Waals surface area contributed by atoms with Gasteiger partial charge in [-0.2, -0.15) is 0 Å². The first-order valence-corrected chi connectivity index (χ1v) is 7.32. The largest absolute Gasteiger partial charge is 0.268 e. The summed E-state index contributed by atoms with van der Waals surface area (Å²) in [6, 6.07) is 13.3. The van der Waals surface area contributed by atoms with Crippen molar-refractivity contribution in [3.63, 3.8) is 0 Å². The molecule has 2 heterocycles. The van der Waals surface area contributed by atoms with Crippen LogP contribution in [0.4, 0.5) is 0 Å². The number of benzene rings is 2. The van der Waals surface area contributed by atoms with Gasteiger partial charge < -0.3 is 0 Å². The number of nitrogens with zero attached hydrogens (tertiary/aromatic N) is 3. The number of rotatable bonds is 0. The molecule has 0 saturated carbocycles. The van der Waals surface area contributed by atoms with Crippen molar-refractivity contribution in [2.45, 2.75) is 6.92 Å². The fourth-order valence-corrected chi connectivity index (χ4v) is 2.98. The first kappa shape index (κ1) is 12.5. The van der Waals surface area contributed by atoms with E-state index in [0.29, 0.717) is 22.4 Å². The highest BCUT2D eigenvalue weighted by Crippen LogP contribution is 2.21. The second-order valence-electron chi connectivity index (χ2n) is 4.91. The van der Waals surface area contributed by atoms with Gasteiger partial charge >= 0.3 is 0 Å². The molecule has 4 nitrogen and oxygen atoms in total. The van der Waals surface area contributed by atoms with Crippen molar-refractivity contribution in [2.24, 2.45) is 0 Å². The summed E-state index contributed by atoms with van der Waals surface area (Å²) in [4.78, 5) is 21.9. The maximum atomic E-state index is 12.8. The third-order valence-electron chi connectivity index (χ3n) is 3.58. The van der Waals surface area contributed by atoms with E-state index in [2.05, 4.69) is 25.9 Å². The Morgan fingerprint density at radius 2 is 1.76 bits per heavy atom. The third-order valence-corrected chi connectivity index (χ3v) is 4.07. The highest BCUT2D eigenvalue weighted by molar-refractivity contribution is 9.10. The molecule has 0 radical (unpaired) electrons. The molecule has 0 unspecified atom stereocenters. The third kappa shape index (κ3) is 1.77. The smallest absolute Gasteiger partial charge is 0.267 e. The van der Waals surface area contributed by atoms with Crippen molar-refractivity contribution < 1.29 is 0 Å². The minimum Gasteiger partial charge on any atom is -0.268 e. The number of hydrogen-bond donors (Lipinski definition) is 0. The summed E-state index contributed by atoms with van der Waals surface area (Å²) in [5, 5.41) is 1.46. The predicted molar refractivity (Wildman–Crippen MR) is 86.7 cm³/mol. The lowest BCUT2D eigenvalue weighted by Crippen LogP contribution is -2.19. The summed E-state index contributed by atoms with van der Waals surface area (Å²) in [7, 11) is 0. The van der Waals surface area contributed by atoms with Crippen LogP contribution >= 0.6 is 15.9 Å².